The molecule has 0 aliphatic carbocycles. The molecule has 30 heavy (non-hydrogen) atoms. The molecule has 0 saturated carbocycles. The summed E-state index contributed by atoms with van der Waals surface area (Å²) in [5, 5.41) is 14.8. The van der Waals surface area contributed by atoms with Crippen molar-refractivity contribution in [3.8, 4) is 0 Å². The van der Waals surface area contributed by atoms with Crippen molar-refractivity contribution in [2.45, 2.75) is 63.2 Å². The average molecular weight is 565 g/mol. The Kier molecular flexibility index (Phi) is 8.73. The minimum absolute atomic E-state index is 0. The maximum Gasteiger partial charge on any atom is 0.511 e. The fraction of sp³-hybridized carbons (Fsp3) is 0.812. The summed E-state index contributed by atoms with van der Waals surface area (Å²) in [6.07, 6.45) is 4.80. The first kappa shape index (κ1) is 25.1. The number of aromatic nitrogens is 3. The molecule has 0 atom stereocenters. The number of sulfonamides is 1. The van der Waals surface area contributed by atoms with Gasteiger partial charge in [-0.1, -0.05) is 6.42 Å². The van der Waals surface area contributed by atoms with E-state index in [0.29, 0.717) is 16.8 Å². The van der Waals surface area contributed by atoms with Crippen LogP contribution in [0.1, 0.15) is 43.8 Å². The molecule has 0 unspecified atom stereocenters. The molecule has 0 aromatic carbocycles. The fourth-order valence-corrected chi connectivity index (χ4v) is 4.60. The predicted molar refractivity (Wildman–Crippen MR) is 116 cm³/mol. The summed E-state index contributed by atoms with van der Waals surface area (Å²) in [6.45, 7) is 0.938. The molecule has 2 aliphatic heterocycles. The Hall–Kier alpha value is -1.16. The van der Waals surface area contributed by atoms with Gasteiger partial charge >= 0.3 is 15.5 Å². The van der Waals surface area contributed by atoms with Gasteiger partial charge in [0.25, 0.3) is 0 Å². The van der Waals surface area contributed by atoms with Crippen LogP contribution < -0.4 is 10.6 Å². The lowest BCUT2D eigenvalue weighted by molar-refractivity contribution is -0.0494. The van der Waals surface area contributed by atoms with Gasteiger partial charge in [-0.25, -0.2) is 8.42 Å². The third-order valence-corrected chi connectivity index (χ3v) is 6.88. The molecule has 0 spiro atoms. The summed E-state index contributed by atoms with van der Waals surface area (Å²) in [5.41, 5.74) is -5.26. The smallest absolute Gasteiger partial charge is 0.354 e. The van der Waals surface area contributed by atoms with Crippen LogP contribution in [0.25, 0.3) is 0 Å². The summed E-state index contributed by atoms with van der Waals surface area (Å²) in [6, 6.07) is -0.170. The molecule has 0 amide bonds. The highest BCUT2D eigenvalue weighted by molar-refractivity contribution is 14.0. The number of fused-ring (bicyclic) bond motifs is 1. The van der Waals surface area contributed by atoms with Gasteiger partial charge in [0, 0.05) is 39.1 Å². The van der Waals surface area contributed by atoms with Crippen molar-refractivity contribution in [2.75, 3.05) is 20.1 Å². The zero-order valence-electron chi connectivity index (χ0n) is 16.7. The number of hydrogen-bond donors (Lipinski definition) is 2. The van der Waals surface area contributed by atoms with Crippen LogP contribution in [-0.2, 0) is 29.5 Å². The molecule has 3 rings (SSSR count). The van der Waals surface area contributed by atoms with Crippen LogP contribution in [0.5, 0.6) is 0 Å². The largest absolute Gasteiger partial charge is 0.511 e. The van der Waals surface area contributed by atoms with E-state index >= 15 is 0 Å². The Morgan fingerprint density at radius 1 is 1.17 bits per heavy atom. The predicted octanol–water partition coefficient (Wildman–Crippen LogP) is 1.60. The summed E-state index contributed by atoms with van der Waals surface area (Å²) in [7, 11) is -3.67. The monoisotopic (exact) mass is 565 g/mol. The van der Waals surface area contributed by atoms with Crippen molar-refractivity contribution in [1.82, 2.24) is 29.7 Å². The number of aliphatic imine (C=N–C) groups is 1. The van der Waals surface area contributed by atoms with Crippen molar-refractivity contribution in [3.63, 3.8) is 0 Å². The number of guanidine groups is 1. The van der Waals surface area contributed by atoms with Gasteiger partial charge in [-0.05, 0) is 25.7 Å². The standard InChI is InChI=1S/C16H26F3N7O2S.HI/c1-20-15(21-11-14-24-23-13-5-3-2-4-8-26(13)14)22-12-6-9-25(10-7-12)29(27,28)16(17,18)19;/h12H,2-11H2,1H3,(H2,20,21,22);1H. The molecular formula is C16H27F3IN7O2S. The first-order valence-electron chi connectivity index (χ1n) is 9.67. The van der Waals surface area contributed by atoms with Crippen LogP contribution in [0.4, 0.5) is 13.2 Å². The zero-order chi connectivity index (χ0) is 21.1. The molecule has 3 heterocycles. The van der Waals surface area contributed by atoms with Crippen molar-refractivity contribution in [3.05, 3.63) is 11.6 Å². The van der Waals surface area contributed by atoms with Crippen LogP contribution in [-0.4, -0.2) is 65.1 Å². The van der Waals surface area contributed by atoms with Gasteiger partial charge in [-0.15, -0.1) is 34.2 Å². The molecule has 14 heteroatoms. The third-order valence-electron chi connectivity index (χ3n) is 5.25. The average Bonchev–Trinajstić information content (AvgIpc) is 2.91. The van der Waals surface area contributed by atoms with E-state index in [-0.39, 0.29) is 55.9 Å². The molecule has 1 aromatic heterocycles. The number of hydrogen-bond acceptors (Lipinski definition) is 5. The van der Waals surface area contributed by atoms with E-state index in [1.165, 1.54) is 6.42 Å². The number of piperidine rings is 1. The van der Waals surface area contributed by atoms with E-state index in [0.717, 1.165) is 37.5 Å². The Morgan fingerprint density at radius 3 is 2.50 bits per heavy atom. The minimum atomic E-state index is -5.27. The van der Waals surface area contributed by atoms with Crippen LogP contribution >= 0.6 is 24.0 Å². The van der Waals surface area contributed by atoms with E-state index in [1.54, 1.807) is 7.05 Å². The number of alkyl halides is 3. The molecule has 172 valence electrons. The third kappa shape index (κ3) is 5.75. The molecule has 9 nitrogen and oxygen atoms in total. The lowest BCUT2D eigenvalue weighted by atomic mass is 10.1. The van der Waals surface area contributed by atoms with Gasteiger partial charge in [0.05, 0.1) is 6.54 Å². The Labute approximate surface area is 191 Å². The summed E-state index contributed by atoms with van der Waals surface area (Å²) < 4.78 is 63.6. The van der Waals surface area contributed by atoms with Gasteiger partial charge in [-0.2, -0.15) is 17.5 Å². The van der Waals surface area contributed by atoms with E-state index in [4.69, 9.17) is 0 Å². The van der Waals surface area contributed by atoms with Gasteiger partial charge in [0.1, 0.15) is 5.82 Å². The second kappa shape index (κ2) is 10.4. The van der Waals surface area contributed by atoms with E-state index < -0.39 is 15.5 Å². The van der Waals surface area contributed by atoms with Gasteiger partial charge in [-0.3, -0.25) is 4.99 Å². The highest BCUT2D eigenvalue weighted by Crippen LogP contribution is 2.28. The lowest BCUT2D eigenvalue weighted by Crippen LogP contribution is -2.51. The normalized spacial score (nSPS) is 19.5. The highest BCUT2D eigenvalue weighted by atomic mass is 127. The Balaban J connectivity index is 0.00000320. The second-order valence-electron chi connectivity index (χ2n) is 7.19. The van der Waals surface area contributed by atoms with Gasteiger partial charge < -0.3 is 15.2 Å². The van der Waals surface area contributed by atoms with Crippen molar-refractivity contribution in [1.29, 1.82) is 0 Å². The van der Waals surface area contributed by atoms with Crippen LogP contribution in [0.3, 0.4) is 0 Å². The fourth-order valence-electron chi connectivity index (χ4n) is 3.61. The Bertz CT molecular complexity index is 836. The number of rotatable bonds is 4. The number of halogens is 4. The van der Waals surface area contributed by atoms with Crippen LogP contribution in [0, 0.1) is 0 Å². The highest BCUT2D eigenvalue weighted by Gasteiger charge is 2.50. The molecular weight excluding hydrogens is 538 g/mol. The van der Waals surface area contributed by atoms with Gasteiger partial charge in [0.2, 0.25) is 0 Å². The molecule has 0 bridgehead atoms. The van der Waals surface area contributed by atoms with Crippen LogP contribution in [0.15, 0.2) is 4.99 Å². The Morgan fingerprint density at radius 2 is 1.87 bits per heavy atom. The van der Waals surface area contributed by atoms with Crippen molar-refractivity contribution >= 4 is 40.0 Å². The topological polar surface area (TPSA) is 105 Å². The summed E-state index contributed by atoms with van der Waals surface area (Å²) >= 11 is 0. The minimum Gasteiger partial charge on any atom is -0.354 e. The molecule has 1 fully saturated rings. The van der Waals surface area contributed by atoms with E-state index in [2.05, 4.69) is 30.4 Å². The quantitative estimate of drug-likeness (QED) is 0.327. The first-order chi connectivity index (χ1) is 13.7. The summed E-state index contributed by atoms with van der Waals surface area (Å²) in [4.78, 5) is 4.14. The zero-order valence-corrected chi connectivity index (χ0v) is 19.8. The van der Waals surface area contributed by atoms with E-state index in [1.807, 2.05) is 0 Å². The van der Waals surface area contributed by atoms with Gasteiger partial charge in [0.15, 0.2) is 11.8 Å². The second-order valence-corrected chi connectivity index (χ2v) is 9.12. The van der Waals surface area contributed by atoms with E-state index in [9.17, 15) is 21.6 Å². The SMILES string of the molecule is CN=C(NCc1nnc2n1CCCCC2)NC1CCN(S(=O)(=O)C(F)(F)F)CC1.I. The number of nitrogens with zero attached hydrogens (tertiary/aromatic N) is 5. The first-order valence-corrected chi connectivity index (χ1v) is 11.1. The lowest BCUT2D eigenvalue weighted by Gasteiger charge is -2.32. The summed E-state index contributed by atoms with van der Waals surface area (Å²) in [5.74, 6) is 2.30. The molecule has 1 aromatic rings. The molecule has 1 saturated heterocycles. The molecule has 0 radical (unpaired) electrons. The van der Waals surface area contributed by atoms with Crippen molar-refractivity contribution in [2.24, 2.45) is 4.99 Å². The molecule has 2 N–H and O–H groups in total. The molecule has 2 aliphatic rings. The number of aryl methyl sites for hydroxylation is 1. The number of nitrogens with one attached hydrogen (secondary N) is 2. The maximum absolute atomic E-state index is 12.7. The van der Waals surface area contributed by atoms with Crippen molar-refractivity contribution < 1.29 is 21.6 Å². The maximum atomic E-state index is 12.7. The van der Waals surface area contributed by atoms with Crippen LogP contribution in [0.2, 0.25) is 0 Å².